The number of rotatable bonds is 3. The third-order valence-corrected chi connectivity index (χ3v) is 3.22. The highest BCUT2D eigenvalue weighted by atomic mass is 16.6. The molecule has 1 unspecified atom stereocenters. The summed E-state index contributed by atoms with van der Waals surface area (Å²) in [6.45, 7) is 2.67. The number of carboxylic acid groups (broad SMARTS) is 1. The molecule has 0 aromatic heterocycles. The second-order valence-corrected chi connectivity index (χ2v) is 4.93. The summed E-state index contributed by atoms with van der Waals surface area (Å²) >= 11 is 0. The van der Waals surface area contributed by atoms with Crippen LogP contribution in [-0.2, 0) is 0 Å². The summed E-state index contributed by atoms with van der Waals surface area (Å²) in [4.78, 5) is 22.9. The molecular formula is C12H14N2O5. The van der Waals surface area contributed by atoms with Gasteiger partial charge in [-0.05, 0) is 25.5 Å². The van der Waals surface area contributed by atoms with Crippen LogP contribution in [0.5, 0.6) is 0 Å². The van der Waals surface area contributed by atoms with Gasteiger partial charge in [-0.25, -0.2) is 4.79 Å². The van der Waals surface area contributed by atoms with Crippen molar-refractivity contribution in [3.05, 3.63) is 33.9 Å². The van der Waals surface area contributed by atoms with Gasteiger partial charge in [0.05, 0.1) is 10.5 Å². The zero-order valence-electron chi connectivity index (χ0n) is 10.4. The van der Waals surface area contributed by atoms with Gasteiger partial charge in [-0.15, -0.1) is 0 Å². The average molecular weight is 266 g/mol. The number of carbonyl (C=O) groups is 1. The van der Waals surface area contributed by atoms with Gasteiger partial charge < -0.3 is 15.1 Å². The fourth-order valence-electron chi connectivity index (χ4n) is 2.22. The van der Waals surface area contributed by atoms with Gasteiger partial charge in [0.1, 0.15) is 5.56 Å². The predicted molar refractivity (Wildman–Crippen MR) is 67.5 cm³/mol. The van der Waals surface area contributed by atoms with Gasteiger partial charge in [0, 0.05) is 24.8 Å². The molecule has 19 heavy (non-hydrogen) atoms. The Balaban J connectivity index is 2.37. The van der Waals surface area contributed by atoms with Gasteiger partial charge in [-0.3, -0.25) is 10.1 Å². The van der Waals surface area contributed by atoms with Crippen LogP contribution in [-0.4, -0.2) is 39.8 Å². The van der Waals surface area contributed by atoms with Crippen molar-refractivity contribution >= 4 is 17.3 Å². The zero-order chi connectivity index (χ0) is 14.2. The highest BCUT2D eigenvalue weighted by molar-refractivity contribution is 5.93. The topological polar surface area (TPSA) is 104 Å². The molecule has 1 heterocycles. The third-order valence-electron chi connectivity index (χ3n) is 3.22. The molecule has 1 saturated heterocycles. The van der Waals surface area contributed by atoms with E-state index in [2.05, 4.69) is 0 Å². The fraction of sp³-hybridized carbons (Fsp3) is 0.417. The van der Waals surface area contributed by atoms with E-state index in [1.54, 1.807) is 6.92 Å². The average Bonchev–Trinajstić information content (AvgIpc) is 2.68. The first-order valence-electron chi connectivity index (χ1n) is 5.79. The number of β-amino-alcohol motifs (C(OH)–C–C–N with tert-alkyl or cyclic N) is 1. The third kappa shape index (κ3) is 2.65. The molecular weight excluding hydrogens is 252 g/mol. The molecule has 1 aliphatic rings. The maximum absolute atomic E-state index is 11.0. The lowest BCUT2D eigenvalue weighted by atomic mass is 10.1. The minimum absolute atomic E-state index is 0.339. The highest BCUT2D eigenvalue weighted by Gasteiger charge is 2.32. The zero-order valence-corrected chi connectivity index (χ0v) is 10.4. The van der Waals surface area contributed by atoms with Crippen LogP contribution in [0.1, 0.15) is 23.7 Å². The van der Waals surface area contributed by atoms with Crippen LogP contribution >= 0.6 is 0 Å². The molecule has 7 nitrogen and oxygen atoms in total. The van der Waals surface area contributed by atoms with Crippen LogP contribution in [0.4, 0.5) is 11.4 Å². The Morgan fingerprint density at radius 3 is 2.68 bits per heavy atom. The summed E-state index contributed by atoms with van der Waals surface area (Å²) in [5.41, 5.74) is -1.01. The maximum atomic E-state index is 11.0. The molecule has 1 aromatic rings. The van der Waals surface area contributed by atoms with Crippen molar-refractivity contribution in [1.82, 2.24) is 0 Å². The van der Waals surface area contributed by atoms with Crippen molar-refractivity contribution in [2.45, 2.75) is 18.9 Å². The Kier molecular flexibility index (Phi) is 3.15. The van der Waals surface area contributed by atoms with E-state index in [4.69, 9.17) is 5.11 Å². The molecule has 0 aliphatic carbocycles. The van der Waals surface area contributed by atoms with Crippen LogP contribution in [0.2, 0.25) is 0 Å². The number of aliphatic hydroxyl groups is 1. The Morgan fingerprint density at radius 2 is 2.21 bits per heavy atom. The van der Waals surface area contributed by atoms with Crippen LogP contribution < -0.4 is 4.90 Å². The van der Waals surface area contributed by atoms with Gasteiger partial charge >= 0.3 is 5.97 Å². The van der Waals surface area contributed by atoms with E-state index in [1.165, 1.54) is 18.2 Å². The first-order valence-corrected chi connectivity index (χ1v) is 5.79. The summed E-state index contributed by atoms with van der Waals surface area (Å²) in [5.74, 6) is -1.33. The van der Waals surface area contributed by atoms with Crippen molar-refractivity contribution in [2.75, 3.05) is 18.0 Å². The lowest BCUT2D eigenvalue weighted by Crippen LogP contribution is -2.29. The molecule has 102 valence electrons. The first-order chi connectivity index (χ1) is 8.80. The maximum Gasteiger partial charge on any atom is 0.342 e. The monoisotopic (exact) mass is 266 g/mol. The molecule has 1 aromatic carbocycles. The first kappa shape index (κ1) is 13.3. The molecule has 1 atom stereocenters. The fourth-order valence-corrected chi connectivity index (χ4v) is 2.22. The van der Waals surface area contributed by atoms with Gasteiger partial charge in [0.15, 0.2) is 0 Å². The Bertz CT molecular complexity index is 541. The van der Waals surface area contributed by atoms with E-state index in [1.807, 2.05) is 4.90 Å². The predicted octanol–water partition coefficient (Wildman–Crippen LogP) is 1.25. The standard InChI is InChI=1S/C12H14N2O5/c1-12(17)4-5-13(7-12)8-2-3-10(14(18)19)9(6-8)11(15)16/h2-3,6,17H,4-5,7H2,1H3,(H,15,16). The molecule has 0 spiro atoms. The number of hydrogen-bond acceptors (Lipinski definition) is 5. The van der Waals surface area contributed by atoms with Crippen LogP contribution in [0.15, 0.2) is 18.2 Å². The molecule has 0 saturated carbocycles. The van der Waals surface area contributed by atoms with Gasteiger partial charge in [-0.1, -0.05) is 0 Å². The lowest BCUT2D eigenvalue weighted by Gasteiger charge is -2.21. The van der Waals surface area contributed by atoms with Crippen LogP contribution in [0.25, 0.3) is 0 Å². The number of nitro benzene ring substituents is 1. The number of aromatic carboxylic acids is 1. The quantitative estimate of drug-likeness (QED) is 0.630. The summed E-state index contributed by atoms with van der Waals surface area (Å²) in [6.07, 6.45) is 0.576. The number of benzene rings is 1. The van der Waals surface area contributed by atoms with Crippen LogP contribution in [0, 0.1) is 10.1 Å². The van der Waals surface area contributed by atoms with Crippen molar-refractivity contribution in [3.63, 3.8) is 0 Å². The summed E-state index contributed by atoms with van der Waals surface area (Å²) in [5, 5.41) is 29.6. The molecule has 0 radical (unpaired) electrons. The smallest absolute Gasteiger partial charge is 0.342 e. The minimum atomic E-state index is -1.33. The van der Waals surface area contributed by atoms with Gasteiger partial charge in [0.25, 0.3) is 5.69 Å². The van der Waals surface area contributed by atoms with E-state index < -0.39 is 22.2 Å². The minimum Gasteiger partial charge on any atom is -0.477 e. The number of hydrogen-bond donors (Lipinski definition) is 2. The van der Waals surface area contributed by atoms with Crippen molar-refractivity contribution in [2.24, 2.45) is 0 Å². The second-order valence-electron chi connectivity index (χ2n) is 4.93. The summed E-state index contributed by atoms with van der Waals surface area (Å²) in [6, 6.07) is 3.97. The number of anilines is 1. The molecule has 2 N–H and O–H groups in total. The Labute approximate surface area is 109 Å². The second kappa shape index (κ2) is 4.51. The molecule has 7 heteroatoms. The summed E-state index contributed by atoms with van der Waals surface area (Å²) in [7, 11) is 0. The Hall–Kier alpha value is -2.15. The SMILES string of the molecule is CC1(O)CCN(c2ccc([N+](=O)[O-])c(C(=O)O)c2)C1. The van der Waals surface area contributed by atoms with Crippen LogP contribution in [0.3, 0.4) is 0 Å². The van der Waals surface area contributed by atoms with E-state index in [9.17, 15) is 20.0 Å². The van der Waals surface area contributed by atoms with E-state index in [0.717, 1.165) is 0 Å². The molecule has 0 bridgehead atoms. The van der Waals surface area contributed by atoms with E-state index in [-0.39, 0.29) is 5.56 Å². The summed E-state index contributed by atoms with van der Waals surface area (Å²) < 4.78 is 0. The molecule has 1 fully saturated rings. The van der Waals surface area contributed by atoms with Gasteiger partial charge in [0.2, 0.25) is 0 Å². The van der Waals surface area contributed by atoms with Crippen molar-refractivity contribution in [3.8, 4) is 0 Å². The Morgan fingerprint density at radius 1 is 1.53 bits per heavy atom. The van der Waals surface area contributed by atoms with Crippen molar-refractivity contribution in [1.29, 1.82) is 0 Å². The molecule has 0 amide bonds. The molecule has 2 rings (SSSR count). The number of nitro groups is 1. The van der Waals surface area contributed by atoms with Gasteiger partial charge in [-0.2, -0.15) is 0 Å². The largest absolute Gasteiger partial charge is 0.477 e. The highest BCUT2D eigenvalue weighted by Crippen LogP contribution is 2.30. The van der Waals surface area contributed by atoms with Crippen molar-refractivity contribution < 1.29 is 19.9 Å². The molecule has 1 aliphatic heterocycles. The lowest BCUT2D eigenvalue weighted by molar-refractivity contribution is -0.385. The number of carboxylic acids is 1. The van der Waals surface area contributed by atoms with E-state index in [0.29, 0.717) is 25.2 Å². The van der Waals surface area contributed by atoms with E-state index >= 15 is 0 Å². The normalized spacial score (nSPS) is 22.5. The number of nitrogens with zero attached hydrogens (tertiary/aromatic N) is 2.